The van der Waals surface area contributed by atoms with Crippen molar-refractivity contribution in [2.45, 2.75) is 33.1 Å². The minimum atomic E-state index is -0.723. The molecule has 1 unspecified atom stereocenters. The summed E-state index contributed by atoms with van der Waals surface area (Å²) in [7, 11) is 0. The molecule has 1 N–H and O–H groups in total. The maximum absolute atomic E-state index is 12.1. The molecular weight excluding hydrogens is 244 g/mol. The van der Waals surface area contributed by atoms with E-state index in [1.807, 2.05) is 23.6 Å². The summed E-state index contributed by atoms with van der Waals surface area (Å²) in [5.41, 5.74) is -0.675. The fourth-order valence-corrected chi connectivity index (χ4v) is 3.20. The van der Waals surface area contributed by atoms with Gasteiger partial charge in [-0.05, 0) is 31.7 Å². The number of hydrogen-bond acceptors (Lipinski definition) is 3. The normalized spacial score (nSPS) is 28.3. The van der Waals surface area contributed by atoms with Crippen LogP contribution >= 0.6 is 0 Å². The van der Waals surface area contributed by atoms with Gasteiger partial charge < -0.3 is 10.0 Å². The van der Waals surface area contributed by atoms with E-state index in [-0.39, 0.29) is 11.8 Å². The second-order valence-electron chi connectivity index (χ2n) is 6.16. The summed E-state index contributed by atoms with van der Waals surface area (Å²) in [6.07, 6.45) is 2.83. The zero-order valence-corrected chi connectivity index (χ0v) is 11.9. The third kappa shape index (κ3) is 2.76. The summed E-state index contributed by atoms with van der Waals surface area (Å²) in [5, 5.41) is 9.48. The third-order valence-corrected chi connectivity index (χ3v) is 4.73. The number of carboxylic acid groups (broad SMARTS) is 1. The van der Waals surface area contributed by atoms with Crippen LogP contribution in [0.5, 0.6) is 0 Å². The summed E-state index contributed by atoms with van der Waals surface area (Å²) in [4.78, 5) is 27.5. The standard InChI is InChI=1S/C14H24N2O3/c1-11(2)14(13(18)19)5-8-15(10-14)9-12(17)16-6-3-4-7-16/h11H,3-10H2,1-2H3,(H,18,19). The zero-order chi connectivity index (χ0) is 14.0. The van der Waals surface area contributed by atoms with Crippen molar-refractivity contribution in [1.29, 1.82) is 0 Å². The molecule has 0 aromatic rings. The van der Waals surface area contributed by atoms with E-state index in [1.165, 1.54) is 0 Å². The lowest BCUT2D eigenvalue weighted by atomic mass is 9.76. The topological polar surface area (TPSA) is 60.9 Å². The maximum Gasteiger partial charge on any atom is 0.311 e. The van der Waals surface area contributed by atoms with Crippen LogP contribution in [0.15, 0.2) is 0 Å². The Hall–Kier alpha value is -1.10. The van der Waals surface area contributed by atoms with E-state index in [0.717, 1.165) is 25.9 Å². The number of likely N-dealkylation sites (tertiary alicyclic amines) is 2. The Labute approximate surface area is 114 Å². The molecule has 0 spiro atoms. The number of aliphatic carboxylic acids is 1. The molecule has 5 heteroatoms. The van der Waals surface area contributed by atoms with Crippen molar-refractivity contribution in [2.75, 3.05) is 32.7 Å². The first-order valence-electron chi connectivity index (χ1n) is 7.19. The molecule has 1 amide bonds. The Morgan fingerprint density at radius 3 is 2.32 bits per heavy atom. The van der Waals surface area contributed by atoms with Gasteiger partial charge in [-0.2, -0.15) is 0 Å². The van der Waals surface area contributed by atoms with Crippen molar-refractivity contribution in [3.05, 3.63) is 0 Å². The van der Waals surface area contributed by atoms with Crippen LogP contribution in [0.2, 0.25) is 0 Å². The molecule has 2 fully saturated rings. The van der Waals surface area contributed by atoms with Crippen LogP contribution in [0.1, 0.15) is 33.1 Å². The van der Waals surface area contributed by atoms with Gasteiger partial charge in [0.05, 0.1) is 12.0 Å². The summed E-state index contributed by atoms with van der Waals surface area (Å²) in [6, 6.07) is 0. The first-order chi connectivity index (χ1) is 8.95. The van der Waals surface area contributed by atoms with Crippen molar-refractivity contribution in [1.82, 2.24) is 9.80 Å². The molecule has 2 saturated heterocycles. The Bertz CT molecular complexity index is 364. The summed E-state index contributed by atoms with van der Waals surface area (Å²) in [6.45, 7) is 7.23. The van der Waals surface area contributed by atoms with Crippen LogP contribution in [0.3, 0.4) is 0 Å². The van der Waals surface area contributed by atoms with Crippen LogP contribution in [-0.4, -0.2) is 59.5 Å². The van der Waals surface area contributed by atoms with E-state index < -0.39 is 11.4 Å². The van der Waals surface area contributed by atoms with Crippen molar-refractivity contribution >= 4 is 11.9 Å². The average Bonchev–Trinajstić information content (AvgIpc) is 2.97. The lowest BCUT2D eigenvalue weighted by Crippen LogP contribution is -2.42. The summed E-state index contributed by atoms with van der Waals surface area (Å²) in [5.74, 6) is -0.474. The number of rotatable bonds is 4. The fourth-order valence-electron chi connectivity index (χ4n) is 3.20. The van der Waals surface area contributed by atoms with Gasteiger partial charge in [-0.25, -0.2) is 0 Å². The Balaban J connectivity index is 1.94. The van der Waals surface area contributed by atoms with Crippen LogP contribution in [0.25, 0.3) is 0 Å². The molecule has 19 heavy (non-hydrogen) atoms. The molecule has 5 nitrogen and oxygen atoms in total. The molecule has 2 heterocycles. The van der Waals surface area contributed by atoms with Gasteiger partial charge in [0.15, 0.2) is 0 Å². The number of carbonyl (C=O) groups excluding carboxylic acids is 1. The molecule has 2 rings (SSSR count). The molecule has 0 saturated carbocycles. The van der Waals surface area contributed by atoms with E-state index in [0.29, 0.717) is 26.1 Å². The van der Waals surface area contributed by atoms with E-state index in [9.17, 15) is 14.7 Å². The second kappa shape index (κ2) is 5.49. The molecule has 0 aromatic carbocycles. The van der Waals surface area contributed by atoms with E-state index >= 15 is 0 Å². The Morgan fingerprint density at radius 2 is 1.84 bits per heavy atom. The SMILES string of the molecule is CC(C)C1(C(=O)O)CCN(CC(=O)N2CCCC2)C1. The van der Waals surface area contributed by atoms with Gasteiger partial charge in [-0.15, -0.1) is 0 Å². The van der Waals surface area contributed by atoms with Gasteiger partial charge in [0.25, 0.3) is 0 Å². The molecule has 0 aromatic heterocycles. The maximum atomic E-state index is 12.1. The summed E-state index contributed by atoms with van der Waals surface area (Å²) < 4.78 is 0. The van der Waals surface area contributed by atoms with Gasteiger partial charge in [0, 0.05) is 19.6 Å². The largest absolute Gasteiger partial charge is 0.481 e. The van der Waals surface area contributed by atoms with Crippen molar-refractivity contribution in [2.24, 2.45) is 11.3 Å². The predicted molar refractivity (Wildman–Crippen MR) is 71.8 cm³/mol. The minimum absolute atomic E-state index is 0.0943. The molecule has 1 atom stereocenters. The van der Waals surface area contributed by atoms with Crippen molar-refractivity contribution in [3.8, 4) is 0 Å². The van der Waals surface area contributed by atoms with Gasteiger partial charge >= 0.3 is 5.97 Å². The minimum Gasteiger partial charge on any atom is -0.481 e. The molecule has 0 aliphatic carbocycles. The molecule has 108 valence electrons. The van der Waals surface area contributed by atoms with Crippen LogP contribution < -0.4 is 0 Å². The fraction of sp³-hybridized carbons (Fsp3) is 0.857. The number of nitrogens with zero attached hydrogens (tertiary/aromatic N) is 2. The highest BCUT2D eigenvalue weighted by Crippen LogP contribution is 2.38. The highest BCUT2D eigenvalue weighted by Gasteiger charge is 2.47. The lowest BCUT2D eigenvalue weighted by Gasteiger charge is -2.29. The molecule has 2 aliphatic heterocycles. The van der Waals surface area contributed by atoms with Crippen molar-refractivity contribution < 1.29 is 14.7 Å². The lowest BCUT2D eigenvalue weighted by molar-refractivity contribution is -0.151. The first-order valence-corrected chi connectivity index (χ1v) is 7.19. The second-order valence-corrected chi connectivity index (χ2v) is 6.16. The number of amides is 1. The molecule has 0 bridgehead atoms. The van der Waals surface area contributed by atoms with Gasteiger partial charge in [-0.1, -0.05) is 13.8 Å². The van der Waals surface area contributed by atoms with E-state index in [1.54, 1.807) is 0 Å². The van der Waals surface area contributed by atoms with E-state index in [4.69, 9.17) is 0 Å². The van der Waals surface area contributed by atoms with Crippen LogP contribution in [0.4, 0.5) is 0 Å². The zero-order valence-electron chi connectivity index (χ0n) is 11.9. The molecular formula is C14H24N2O3. The monoisotopic (exact) mass is 268 g/mol. The highest BCUT2D eigenvalue weighted by atomic mass is 16.4. The predicted octanol–water partition coefficient (Wildman–Crippen LogP) is 1.04. The number of hydrogen-bond donors (Lipinski definition) is 1. The Kier molecular flexibility index (Phi) is 4.13. The molecule has 2 aliphatic rings. The van der Waals surface area contributed by atoms with Gasteiger partial charge in [0.1, 0.15) is 0 Å². The highest BCUT2D eigenvalue weighted by molar-refractivity contribution is 5.79. The molecule has 0 radical (unpaired) electrons. The first kappa shape index (κ1) is 14.3. The van der Waals surface area contributed by atoms with Gasteiger partial charge in [0.2, 0.25) is 5.91 Å². The van der Waals surface area contributed by atoms with E-state index in [2.05, 4.69) is 0 Å². The van der Waals surface area contributed by atoms with Crippen LogP contribution in [-0.2, 0) is 9.59 Å². The average molecular weight is 268 g/mol. The quantitative estimate of drug-likeness (QED) is 0.827. The number of carboxylic acids is 1. The number of carbonyl (C=O) groups is 2. The van der Waals surface area contributed by atoms with Gasteiger partial charge in [-0.3, -0.25) is 14.5 Å². The van der Waals surface area contributed by atoms with Crippen LogP contribution in [0, 0.1) is 11.3 Å². The van der Waals surface area contributed by atoms with Crippen molar-refractivity contribution in [3.63, 3.8) is 0 Å². The Morgan fingerprint density at radius 1 is 1.21 bits per heavy atom. The third-order valence-electron chi connectivity index (χ3n) is 4.73. The smallest absolute Gasteiger partial charge is 0.311 e. The summed E-state index contributed by atoms with van der Waals surface area (Å²) >= 11 is 0.